The van der Waals surface area contributed by atoms with Crippen molar-refractivity contribution in [3.8, 4) is 5.75 Å². The molecule has 0 unspecified atom stereocenters. The predicted octanol–water partition coefficient (Wildman–Crippen LogP) is 2.91. The highest BCUT2D eigenvalue weighted by atomic mass is 35.5. The molecule has 0 spiro atoms. The first-order valence-electron chi connectivity index (χ1n) is 2.98. The minimum Gasteiger partial charge on any atom is -0.497 e. The van der Waals surface area contributed by atoms with Gasteiger partial charge < -0.3 is 4.74 Å². The van der Waals surface area contributed by atoms with Gasteiger partial charge in [-0.15, -0.1) is 0 Å². The van der Waals surface area contributed by atoms with Gasteiger partial charge in [0.15, 0.2) is 0 Å². The Hall–Kier alpha value is -0.600. The fraction of sp³-hybridized carbons (Fsp3) is 0.143. The molecule has 11 heavy (non-hydrogen) atoms. The second-order valence-electron chi connectivity index (χ2n) is 1.94. The molecule has 0 aliphatic heterocycles. The summed E-state index contributed by atoms with van der Waals surface area (Å²) in [5.41, 5.74) is 0.646. The second kappa shape index (κ2) is 3.69. The van der Waals surface area contributed by atoms with Crippen molar-refractivity contribution in [2.24, 2.45) is 0 Å². The highest BCUT2D eigenvalue weighted by Crippen LogP contribution is 2.26. The van der Waals surface area contributed by atoms with Gasteiger partial charge >= 0.3 is 0 Å². The lowest BCUT2D eigenvalue weighted by Gasteiger charge is -2.03. The molecule has 0 saturated heterocycles. The zero-order valence-electron chi connectivity index (χ0n) is 5.90. The van der Waals surface area contributed by atoms with Gasteiger partial charge in [-0.25, -0.2) is 0 Å². The molecule has 1 N–H and O–H groups in total. The van der Waals surface area contributed by atoms with Gasteiger partial charge in [0.1, 0.15) is 5.75 Å². The Morgan fingerprint density at radius 2 is 2.18 bits per heavy atom. The van der Waals surface area contributed by atoms with E-state index in [9.17, 15) is 0 Å². The summed E-state index contributed by atoms with van der Waals surface area (Å²) < 4.78 is 4.95. The van der Waals surface area contributed by atoms with E-state index >= 15 is 0 Å². The molecule has 0 aliphatic carbocycles. The summed E-state index contributed by atoms with van der Waals surface area (Å²) in [6, 6.07) is 5.19. The van der Waals surface area contributed by atoms with E-state index in [4.69, 9.17) is 28.1 Å². The SMILES string of the molecule is COc1ccc(Cl)c(NCl)c1. The molecule has 0 saturated carbocycles. The van der Waals surface area contributed by atoms with Crippen LogP contribution in [0, 0.1) is 0 Å². The fourth-order valence-electron chi connectivity index (χ4n) is 0.704. The zero-order valence-corrected chi connectivity index (χ0v) is 7.41. The van der Waals surface area contributed by atoms with Gasteiger partial charge in [-0.05, 0) is 12.1 Å². The van der Waals surface area contributed by atoms with Crippen LogP contribution in [-0.4, -0.2) is 7.11 Å². The van der Waals surface area contributed by atoms with Crippen molar-refractivity contribution in [1.82, 2.24) is 0 Å². The largest absolute Gasteiger partial charge is 0.497 e. The molecule has 1 rings (SSSR count). The van der Waals surface area contributed by atoms with Gasteiger partial charge in [-0.3, -0.25) is 4.84 Å². The number of rotatable bonds is 2. The number of hydrogen-bond acceptors (Lipinski definition) is 2. The molecule has 4 heteroatoms. The zero-order chi connectivity index (χ0) is 8.27. The summed E-state index contributed by atoms with van der Waals surface area (Å²) in [4.78, 5) is 2.43. The maximum atomic E-state index is 5.75. The first-order chi connectivity index (χ1) is 5.27. The number of methoxy groups -OCH3 is 1. The maximum Gasteiger partial charge on any atom is 0.121 e. The molecule has 0 heterocycles. The van der Waals surface area contributed by atoms with Crippen LogP contribution in [0.2, 0.25) is 5.02 Å². The number of nitrogens with one attached hydrogen (secondary N) is 1. The smallest absolute Gasteiger partial charge is 0.121 e. The van der Waals surface area contributed by atoms with Crippen molar-refractivity contribution in [3.63, 3.8) is 0 Å². The van der Waals surface area contributed by atoms with Crippen LogP contribution in [0.4, 0.5) is 5.69 Å². The molecule has 0 aliphatic rings. The van der Waals surface area contributed by atoms with Crippen LogP contribution in [0.5, 0.6) is 5.75 Å². The molecular weight excluding hydrogens is 185 g/mol. The highest BCUT2D eigenvalue weighted by Gasteiger charge is 1.99. The molecule has 0 aromatic heterocycles. The molecule has 0 bridgehead atoms. The summed E-state index contributed by atoms with van der Waals surface area (Å²) in [7, 11) is 1.58. The lowest BCUT2D eigenvalue weighted by atomic mass is 10.3. The van der Waals surface area contributed by atoms with Crippen molar-refractivity contribution in [2.75, 3.05) is 11.9 Å². The van der Waals surface area contributed by atoms with E-state index in [-0.39, 0.29) is 0 Å². The molecular formula is C7H7Cl2NO. The molecule has 0 atom stereocenters. The third kappa shape index (κ3) is 1.91. The van der Waals surface area contributed by atoms with Crippen LogP contribution in [-0.2, 0) is 0 Å². The number of ether oxygens (including phenoxy) is 1. The Labute approximate surface area is 75.2 Å². The van der Waals surface area contributed by atoms with Crippen molar-refractivity contribution >= 4 is 29.1 Å². The van der Waals surface area contributed by atoms with Gasteiger partial charge in [-0.2, -0.15) is 0 Å². The van der Waals surface area contributed by atoms with Crippen LogP contribution < -0.4 is 9.57 Å². The molecule has 0 radical (unpaired) electrons. The lowest BCUT2D eigenvalue weighted by molar-refractivity contribution is 0.415. The first-order valence-corrected chi connectivity index (χ1v) is 3.73. The van der Waals surface area contributed by atoms with E-state index in [2.05, 4.69) is 4.84 Å². The lowest BCUT2D eigenvalue weighted by Crippen LogP contribution is -1.85. The normalized spacial score (nSPS) is 9.36. The summed E-state index contributed by atoms with van der Waals surface area (Å²) in [6.45, 7) is 0. The van der Waals surface area contributed by atoms with Gasteiger partial charge in [0, 0.05) is 17.8 Å². The molecule has 1 aromatic carbocycles. The summed E-state index contributed by atoms with van der Waals surface area (Å²) in [5, 5.41) is 0.570. The average Bonchev–Trinajstić information content (AvgIpc) is 2.05. The van der Waals surface area contributed by atoms with E-state index in [1.54, 1.807) is 25.3 Å². The van der Waals surface area contributed by atoms with Crippen molar-refractivity contribution < 1.29 is 4.74 Å². The average molecular weight is 192 g/mol. The van der Waals surface area contributed by atoms with Crippen molar-refractivity contribution in [3.05, 3.63) is 23.2 Å². The minimum absolute atomic E-state index is 0.570. The van der Waals surface area contributed by atoms with Gasteiger partial charge in [-0.1, -0.05) is 11.6 Å². The summed E-state index contributed by atoms with van der Waals surface area (Å²) in [6.07, 6.45) is 0. The molecule has 2 nitrogen and oxygen atoms in total. The Morgan fingerprint density at radius 1 is 1.45 bits per heavy atom. The van der Waals surface area contributed by atoms with Gasteiger partial charge in [0.2, 0.25) is 0 Å². The monoisotopic (exact) mass is 191 g/mol. The van der Waals surface area contributed by atoms with Crippen molar-refractivity contribution in [1.29, 1.82) is 0 Å². The van der Waals surface area contributed by atoms with E-state index in [0.29, 0.717) is 10.7 Å². The quantitative estimate of drug-likeness (QED) is 0.727. The Kier molecular flexibility index (Phi) is 2.85. The van der Waals surface area contributed by atoms with E-state index < -0.39 is 0 Å². The minimum atomic E-state index is 0.570. The standard InChI is InChI=1S/C7H7Cl2NO/c1-11-5-2-3-6(8)7(4-5)10-9/h2-4,10H,1H3. The third-order valence-corrected chi connectivity index (χ3v) is 1.81. The Morgan fingerprint density at radius 3 is 2.73 bits per heavy atom. The number of anilines is 1. The van der Waals surface area contributed by atoms with Crippen LogP contribution >= 0.6 is 23.4 Å². The van der Waals surface area contributed by atoms with Crippen LogP contribution in [0.3, 0.4) is 0 Å². The molecule has 0 amide bonds. The van der Waals surface area contributed by atoms with Crippen LogP contribution in [0.25, 0.3) is 0 Å². The van der Waals surface area contributed by atoms with Crippen LogP contribution in [0.15, 0.2) is 18.2 Å². The predicted molar refractivity (Wildman–Crippen MR) is 47.5 cm³/mol. The van der Waals surface area contributed by atoms with E-state index in [1.807, 2.05) is 0 Å². The van der Waals surface area contributed by atoms with Gasteiger partial charge in [0.05, 0.1) is 17.8 Å². The Balaban J connectivity index is 3.02. The number of halogens is 2. The molecule has 1 aromatic rings. The second-order valence-corrected chi connectivity index (χ2v) is 2.54. The highest BCUT2D eigenvalue weighted by molar-refractivity contribution is 6.35. The van der Waals surface area contributed by atoms with E-state index in [1.165, 1.54) is 0 Å². The molecule has 0 fully saturated rings. The summed E-state index contributed by atoms with van der Waals surface area (Å²) in [5.74, 6) is 0.720. The summed E-state index contributed by atoms with van der Waals surface area (Å²) >= 11 is 11.1. The van der Waals surface area contributed by atoms with Crippen molar-refractivity contribution in [2.45, 2.75) is 0 Å². The Bertz CT molecular complexity index is 252. The number of benzene rings is 1. The third-order valence-electron chi connectivity index (χ3n) is 1.28. The maximum absolute atomic E-state index is 5.75. The molecule has 60 valence electrons. The number of hydrogen-bond donors (Lipinski definition) is 1. The first kappa shape index (κ1) is 8.50. The fourth-order valence-corrected chi connectivity index (χ4v) is 1.07. The topological polar surface area (TPSA) is 21.3 Å². The van der Waals surface area contributed by atoms with E-state index in [0.717, 1.165) is 5.75 Å². The van der Waals surface area contributed by atoms with Gasteiger partial charge in [0.25, 0.3) is 0 Å². The van der Waals surface area contributed by atoms with Crippen LogP contribution in [0.1, 0.15) is 0 Å².